The van der Waals surface area contributed by atoms with Gasteiger partial charge in [-0.15, -0.1) is 0 Å². The Balaban J connectivity index is 1.73. The minimum Gasteiger partial charge on any atom is -0.384 e. The summed E-state index contributed by atoms with van der Waals surface area (Å²) in [6.07, 6.45) is 11.0. The summed E-state index contributed by atoms with van der Waals surface area (Å²) in [5, 5.41) is 0. The zero-order valence-electron chi connectivity index (χ0n) is 10.4. The van der Waals surface area contributed by atoms with Crippen LogP contribution in [0.3, 0.4) is 0 Å². The second-order valence-corrected chi connectivity index (χ2v) is 5.03. The molecule has 0 saturated heterocycles. The first-order valence-corrected chi connectivity index (χ1v) is 6.55. The Kier molecular flexibility index (Phi) is 3.00. The molecule has 0 aliphatic heterocycles. The molecule has 2 heterocycles. The van der Waals surface area contributed by atoms with Gasteiger partial charge in [0.25, 0.3) is 0 Å². The van der Waals surface area contributed by atoms with Gasteiger partial charge in [0.1, 0.15) is 5.82 Å². The summed E-state index contributed by atoms with van der Waals surface area (Å²) in [6, 6.07) is 3.87. The molecule has 0 amide bonds. The third-order valence-corrected chi connectivity index (χ3v) is 3.50. The second kappa shape index (κ2) is 4.80. The number of aryl methyl sites for hydroxylation is 1. The monoisotopic (exact) mass is 242 g/mol. The molecule has 0 atom stereocenters. The summed E-state index contributed by atoms with van der Waals surface area (Å²) in [4.78, 5) is 8.26. The first-order valence-electron chi connectivity index (χ1n) is 6.55. The van der Waals surface area contributed by atoms with E-state index in [1.807, 2.05) is 24.7 Å². The average molecular weight is 242 g/mol. The highest BCUT2D eigenvalue weighted by Gasteiger charge is 2.20. The smallest absolute Gasteiger partial charge is 0.123 e. The highest BCUT2D eigenvalue weighted by molar-refractivity contribution is 5.61. The summed E-state index contributed by atoms with van der Waals surface area (Å²) >= 11 is 0. The van der Waals surface area contributed by atoms with Crippen LogP contribution in [0, 0.1) is 5.92 Å². The van der Waals surface area contributed by atoms with Crippen LogP contribution in [-0.4, -0.2) is 14.5 Å². The van der Waals surface area contributed by atoms with Gasteiger partial charge in [0.15, 0.2) is 0 Å². The minimum atomic E-state index is 0.554. The summed E-state index contributed by atoms with van der Waals surface area (Å²) in [5.74, 6) is 1.55. The minimum absolute atomic E-state index is 0.554. The molecule has 18 heavy (non-hydrogen) atoms. The number of hydrogen-bond acceptors (Lipinski definition) is 3. The Bertz CT molecular complexity index is 528. The topological polar surface area (TPSA) is 56.7 Å². The van der Waals surface area contributed by atoms with Crippen molar-refractivity contribution in [3.05, 3.63) is 30.9 Å². The van der Waals surface area contributed by atoms with E-state index in [-0.39, 0.29) is 0 Å². The quantitative estimate of drug-likeness (QED) is 0.877. The molecule has 4 heteroatoms. The van der Waals surface area contributed by atoms with E-state index >= 15 is 0 Å². The molecule has 0 spiro atoms. The zero-order valence-corrected chi connectivity index (χ0v) is 10.4. The SMILES string of the molecule is Nc1cc(-c2cncn2CCCC2CC2)ccn1. The molecule has 1 saturated carbocycles. The molecule has 94 valence electrons. The normalized spacial score (nSPS) is 14.9. The van der Waals surface area contributed by atoms with Crippen LogP contribution < -0.4 is 5.73 Å². The Morgan fingerprint density at radius 3 is 3.06 bits per heavy atom. The van der Waals surface area contributed by atoms with Crippen LogP contribution in [0.4, 0.5) is 5.82 Å². The van der Waals surface area contributed by atoms with Crippen molar-refractivity contribution in [3.8, 4) is 11.3 Å². The first kappa shape index (κ1) is 11.3. The van der Waals surface area contributed by atoms with E-state index < -0.39 is 0 Å². The van der Waals surface area contributed by atoms with Gasteiger partial charge in [-0.25, -0.2) is 9.97 Å². The van der Waals surface area contributed by atoms with Crippen LogP contribution in [0.25, 0.3) is 11.3 Å². The molecule has 0 bridgehead atoms. The molecular formula is C14H18N4. The first-order chi connectivity index (χ1) is 8.83. The van der Waals surface area contributed by atoms with Gasteiger partial charge >= 0.3 is 0 Å². The van der Waals surface area contributed by atoms with Crippen molar-refractivity contribution in [2.24, 2.45) is 5.92 Å². The van der Waals surface area contributed by atoms with Crippen molar-refractivity contribution >= 4 is 5.82 Å². The fraction of sp³-hybridized carbons (Fsp3) is 0.429. The molecule has 1 aliphatic rings. The number of pyridine rings is 1. The van der Waals surface area contributed by atoms with E-state index in [0.29, 0.717) is 5.82 Å². The van der Waals surface area contributed by atoms with Gasteiger partial charge in [0.05, 0.1) is 18.2 Å². The summed E-state index contributed by atoms with van der Waals surface area (Å²) in [6.45, 7) is 1.04. The molecule has 0 unspecified atom stereocenters. The maximum absolute atomic E-state index is 5.72. The van der Waals surface area contributed by atoms with Crippen LogP contribution in [0.1, 0.15) is 25.7 Å². The summed E-state index contributed by atoms with van der Waals surface area (Å²) in [5.41, 5.74) is 7.94. The zero-order chi connectivity index (χ0) is 12.4. The van der Waals surface area contributed by atoms with Gasteiger partial charge in [0, 0.05) is 18.3 Å². The highest BCUT2D eigenvalue weighted by atomic mass is 15.0. The largest absolute Gasteiger partial charge is 0.384 e. The van der Waals surface area contributed by atoms with E-state index in [1.54, 1.807) is 6.20 Å². The standard InChI is InChI=1S/C14H18N4/c15-14-8-12(5-6-17-14)13-9-16-10-18(13)7-1-2-11-3-4-11/h5-6,8-11H,1-4,7H2,(H2,15,17). The van der Waals surface area contributed by atoms with Crippen molar-refractivity contribution in [3.63, 3.8) is 0 Å². The lowest BCUT2D eigenvalue weighted by molar-refractivity contribution is 0.580. The fourth-order valence-electron chi connectivity index (χ4n) is 2.30. The van der Waals surface area contributed by atoms with Crippen molar-refractivity contribution in [2.45, 2.75) is 32.2 Å². The average Bonchev–Trinajstić information content (AvgIpc) is 3.06. The number of nitrogens with zero attached hydrogens (tertiary/aromatic N) is 3. The Labute approximate surface area is 107 Å². The number of nitrogen functional groups attached to an aromatic ring is 1. The summed E-state index contributed by atoms with van der Waals surface area (Å²) < 4.78 is 2.21. The van der Waals surface area contributed by atoms with Crippen molar-refractivity contribution in [2.75, 3.05) is 5.73 Å². The third kappa shape index (κ3) is 2.53. The van der Waals surface area contributed by atoms with Crippen LogP contribution >= 0.6 is 0 Å². The van der Waals surface area contributed by atoms with Gasteiger partial charge in [-0.3, -0.25) is 0 Å². The molecule has 4 nitrogen and oxygen atoms in total. The molecular weight excluding hydrogens is 224 g/mol. The van der Waals surface area contributed by atoms with Gasteiger partial charge in [-0.1, -0.05) is 12.8 Å². The van der Waals surface area contributed by atoms with Crippen LogP contribution in [-0.2, 0) is 6.54 Å². The number of hydrogen-bond donors (Lipinski definition) is 1. The lowest BCUT2D eigenvalue weighted by Gasteiger charge is -2.08. The lowest BCUT2D eigenvalue weighted by Crippen LogP contribution is -2.00. The van der Waals surface area contributed by atoms with Crippen molar-refractivity contribution < 1.29 is 0 Å². The Morgan fingerprint density at radius 2 is 2.28 bits per heavy atom. The molecule has 2 aromatic heterocycles. The maximum atomic E-state index is 5.72. The Hall–Kier alpha value is -1.84. The van der Waals surface area contributed by atoms with Crippen molar-refractivity contribution in [1.82, 2.24) is 14.5 Å². The van der Waals surface area contributed by atoms with E-state index in [2.05, 4.69) is 14.5 Å². The van der Waals surface area contributed by atoms with Gasteiger partial charge < -0.3 is 10.3 Å². The molecule has 0 aromatic carbocycles. The predicted octanol–water partition coefficient (Wildman–Crippen LogP) is 2.72. The summed E-state index contributed by atoms with van der Waals surface area (Å²) in [7, 11) is 0. The van der Waals surface area contributed by atoms with E-state index in [1.165, 1.54) is 25.7 Å². The fourth-order valence-corrected chi connectivity index (χ4v) is 2.30. The molecule has 2 N–H and O–H groups in total. The number of imidazole rings is 1. The van der Waals surface area contributed by atoms with Gasteiger partial charge in [-0.05, 0) is 30.9 Å². The molecule has 0 radical (unpaired) electrons. The van der Waals surface area contributed by atoms with Gasteiger partial charge in [-0.2, -0.15) is 0 Å². The van der Waals surface area contributed by atoms with Crippen LogP contribution in [0.15, 0.2) is 30.9 Å². The van der Waals surface area contributed by atoms with E-state index in [0.717, 1.165) is 23.7 Å². The number of aromatic nitrogens is 3. The van der Waals surface area contributed by atoms with Crippen molar-refractivity contribution in [1.29, 1.82) is 0 Å². The highest BCUT2D eigenvalue weighted by Crippen LogP contribution is 2.33. The predicted molar refractivity (Wildman–Crippen MR) is 71.8 cm³/mol. The van der Waals surface area contributed by atoms with E-state index in [9.17, 15) is 0 Å². The number of anilines is 1. The molecule has 1 fully saturated rings. The molecule has 3 rings (SSSR count). The maximum Gasteiger partial charge on any atom is 0.123 e. The Morgan fingerprint density at radius 1 is 1.39 bits per heavy atom. The van der Waals surface area contributed by atoms with Crippen LogP contribution in [0.5, 0.6) is 0 Å². The lowest BCUT2D eigenvalue weighted by atomic mass is 10.2. The molecule has 1 aliphatic carbocycles. The second-order valence-electron chi connectivity index (χ2n) is 5.03. The van der Waals surface area contributed by atoms with Crippen LogP contribution in [0.2, 0.25) is 0 Å². The van der Waals surface area contributed by atoms with E-state index in [4.69, 9.17) is 5.73 Å². The number of nitrogens with two attached hydrogens (primary N) is 1. The number of rotatable bonds is 5. The third-order valence-electron chi connectivity index (χ3n) is 3.50. The molecule has 2 aromatic rings. The van der Waals surface area contributed by atoms with Gasteiger partial charge in [0.2, 0.25) is 0 Å².